The van der Waals surface area contributed by atoms with E-state index in [-0.39, 0.29) is 11.7 Å². The number of hydrogen-bond donors (Lipinski definition) is 2. The molecule has 1 aliphatic rings. The van der Waals surface area contributed by atoms with Gasteiger partial charge in [-0.3, -0.25) is 20.2 Å². The predicted octanol–water partition coefficient (Wildman–Crippen LogP) is 1.52. The number of hydrogen-bond acceptors (Lipinski definition) is 6. The van der Waals surface area contributed by atoms with Gasteiger partial charge in [-0.05, 0) is 37.3 Å². The van der Waals surface area contributed by atoms with Gasteiger partial charge in [0.2, 0.25) is 5.88 Å². The lowest BCUT2D eigenvalue weighted by molar-refractivity contribution is -0.149. The molecule has 2 N–H and O–H groups in total. The number of ether oxygens (including phenoxy) is 2. The molecule has 1 saturated heterocycles. The highest BCUT2D eigenvalue weighted by atomic mass is 19.1. The van der Waals surface area contributed by atoms with Gasteiger partial charge < -0.3 is 9.47 Å². The topological polar surface area (TPSA) is 107 Å². The summed E-state index contributed by atoms with van der Waals surface area (Å²) in [6.45, 7) is 1.22. The van der Waals surface area contributed by atoms with Gasteiger partial charge >= 0.3 is 6.03 Å². The van der Waals surface area contributed by atoms with E-state index in [2.05, 4.69) is 4.98 Å². The summed E-state index contributed by atoms with van der Waals surface area (Å²) in [6, 6.07) is 7.39. The Bertz CT molecular complexity index is 816. The van der Waals surface area contributed by atoms with Crippen molar-refractivity contribution in [2.75, 3.05) is 0 Å². The summed E-state index contributed by atoms with van der Waals surface area (Å²) < 4.78 is 23.7. The molecule has 0 atom stereocenters. The Hall–Kier alpha value is -3.49. The lowest BCUT2D eigenvalue weighted by Gasteiger charge is -2.30. The molecular formula is C16H12FN3O5. The van der Waals surface area contributed by atoms with Crippen LogP contribution in [0.4, 0.5) is 9.18 Å². The van der Waals surface area contributed by atoms with Gasteiger partial charge in [0.15, 0.2) is 0 Å². The second-order valence-corrected chi connectivity index (χ2v) is 5.26. The number of amides is 4. The molecule has 0 saturated carbocycles. The summed E-state index contributed by atoms with van der Waals surface area (Å²) in [5.41, 5.74) is -1.93. The largest absolute Gasteiger partial charge is 0.456 e. The first-order valence-corrected chi connectivity index (χ1v) is 7.12. The molecule has 0 bridgehead atoms. The predicted molar refractivity (Wildman–Crippen MR) is 81.4 cm³/mol. The first kappa shape index (κ1) is 16.4. The van der Waals surface area contributed by atoms with Gasteiger partial charge in [-0.2, -0.15) is 0 Å². The maximum Gasteiger partial charge on any atom is 0.328 e. The zero-order valence-corrected chi connectivity index (χ0v) is 12.9. The lowest BCUT2D eigenvalue weighted by Crippen LogP contribution is -2.67. The third-order valence-electron chi connectivity index (χ3n) is 3.39. The van der Waals surface area contributed by atoms with Crippen LogP contribution in [0.15, 0.2) is 42.6 Å². The van der Waals surface area contributed by atoms with Crippen molar-refractivity contribution in [1.82, 2.24) is 15.6 Å². The Morgan fingerprint density at radius 2 is 1.56 bits per heavy atom. The van der Waals surface area contributed by atoms with Gasteiger partial charge in [0.25, 0.3) is 17.4 Å². The number of nitrogens with zero attached hydrogens (tertiary/aromatic N) is 1. The molecule has 3 rings (SSSR count). The maximum atomic E-state index is 12.9. The number of pyridine rings is 1. The Labute approximate surface area is 141 Å². The van der Waals surface area contributed by atoms with E-state index in [1.165, 1.54) is 49.5 Å². The summed E-state index contributed by atoms with van der Waals surface area (Å²) >= 11 is 0. The van der Waals surface area contributed by atoms with Gasteiger partial charge in [-0.15, -0.1) is 0 Å². The molecule has 1 aliphatic heterocycles. The summed E-state index contributed by atoms with van der Waals surface area (Å²) in [4.78, 5) is 38.8. The van der Waals surface area contributed by atoms with Gasteiger partial charge in [-0.25, -0.2) is 14.2 Å². The van der Waals surface area contributed by atoms with Crippen LogP contribution in [0.25, 0.3) is 0 Å². The van der Waals surface area contributed by atoms with Crippen LogP contribution in [-0.4, -0.2) is 28.4 Å². The average Bonchev–Trinajstić information content (AvgIpc) is 2.57. The summed E-state index contributed by atoms with van der Waals surface area (Å²) in [6.07, 6.45) is 1.31. The maximum absolute atomic E-state index is 12.9. The summed E-state index contributed by atoms with van der Waals surface area (Å²) in [5.74, 6) is -1.44. The van der Waals surface area contributed by atoms with Crippen LogP contribution in [0.2, 0.25) is 0 Å². The Kier molecular flexibility index (Phi) is 4.05. The van der Waals surface area contributed by atoms with Crippen LogP contribution >= 0.6 is 0 Å². The molecule has 2 heterocycles. The van der Waals surface area contributed by atoms with Gasteiger partial charge in [0, 0.05) is 6.07 Å². The standard InChI is InChI=1S/C16H12FN3O5/c1-16(13(21)19-15(23)20-14(16)22)25-12-7-6-11(8-18-12)24-10-4-2-9(17)3-5-10/h2-8H,1H3,(H2,19,20,21,22,23). The number of carbonyl (C=O) groups excluding carboxylic acids is 3. The van der Waals surface area contributed by atoms with Crippen molar-refractivity contribution in [2.45, 2.75) is 12.5 Å². The minimum atomic E-state index is -1.93. The van der Waals surface area contributed by atoms with Crippen molar-refractivity contribution in [3.63, 3.8) is 0 Å². The van der Waals surface area contributed by atoms with E-state index in [1.54, 1.807) is 0 Å². The van der Waals surface area contributed by atoms with Gasteiger partial charge in [-0.1, -0.05) is 0 Å². The fourth-order valence-electron chi connectivity index (χ4n) is 2.01. The van der Waals surface area contributed by atoms with Crippen molar-refractivity contribution in [3.05, 3.63) is 48.4 Å². The van der Waals surface area contributed by atoms with E-state index in [9.17, 15) is 18.8 Å². The van der Waals surface area contributed by atoms with Crippen LogP contribution in [-0.2, 0) is 9.59 Å². The summed E-state index contributed by atoms with van der Waals surface area (Å²) in [7, 11) is 0. The van der Waals surface area contributed by atoms with Crippen LogP contribution in [0, 0.1) is 5.82 Å². The highest BCUT2D eigenvalue weighted by Gasteiger charge is 2.49. The monoisotopic (exact) mass is 345 g/mol. The molecule has 128 valence electrons. The quantitative estimate of drug-likeness (QED) is 0.814. The minimum Gasteiger partial charge on any atom is -0.456 e. The van der Waals surface area contributed by atoms with Crippen molar-refractivity contribution in [2.24, 2.45) is 0 Å². The van der Waals surface area contributed by atoms with Crippen LogP contribution in [0.5, 0.6) is 17.4 Å². The molecule has 0 spiro atoms. The highest BCUT2D eigenvalue weighted by Crippen LogP contribution is 2.24. The van der Waals surface area contributed by atoms with Crippen LogP contribution in [0.1, 0.15) is 6.92 Å². The zero-order chi connectivity index (χ0) is 18.0. The highest BCUT2D eigenvalue weighted by molar-refractivity contribution is 6.21. The third-order valence-corrected chi connectivity index (χ3v) is 3.39. The van der Waals surface area contributed by atoms with Crippen molar-refractivity contribution >= 4 is 17.8 Å². The summed E-state index contributed by atoms with van der Waals surface area (Å²) in [5, 5.41) is 3.90. The third kappa shape index (κ3) is 3.39. The second-order valence-electron chi connectivity index (χ2n) is 5.26. The molecule has 4 amide bonds. The number of halogens is 1. The van der Waals surface area contributed by atoms with Crippen molar-refractivity contribution in [1.29, 1.82) is 0 Å². The Morgan fingerprint density at radius 3 is 2.12 bits per heavy atom. The van der Waals surface area contributed by atoms with E-state index in [0.29, 0.717) is 11.5 Å². The first-order chi connectivity index (χ1) is 11.9. The molecule has 0 unspecified atom stereocenters. The molecular weight excluding hydrogens is 333 g/mol. The number of imide groups is 2. The lowest BCUT2D eigenvalue weighted by atomic mass is 10.0. The van der Waals surface area contributed by atoms with E-state index in [4.69, 9.17) is 9.47 Å². The van der Waals surface area contributed by atoms with Gasteiger partial charge in [0.05, 0.1) is 6.20 Å². The fraction of sp³-hybridized carbons (Fsp3) is 0.125. The van der Waals surface area contributed by atoms with Crippen LogP contribution < -0.4 is 20.1 Å². The number of urea groups is 1. The van der Waals surface area contributed by atoms with E-state index < -0.39 is 23.4 Å². The number of carbonyl (C=O) groups is 3. The number of nitrogens with one attached hydrogen (secondary N) is 2. The first-order valence-electron chi connectivity index (χ1n) is 7.12. The minimum absolute atomic E-state index is 0.0198. The van der Waals surface area contributed by atoms with E-state index in [1.807, 2.05) is 10.6 Å². The number of aromatic nitrogens is 1. The molecule has 8 nitrogen and oxygen atoms in total. The second kappa shape index (κ2) is 6.19. The number of barbiturate groups is 1. The molecule has 0 aliphatic carbocycles. The zero-order valence-electron chi connectivity index (χ0n) is 12.9. The van der Waals surface area contributed by atoms with Crippen LogP contribution in [0.3, 0.4) is 0 Å². The molecule has 1 aromatic heterocycles. The normalized spacial score (nSPS) is 16.0. The molecule has 1 aromatic carbocycles. The SMILES string of the molecule is CC1(Oc2ccc(Oc3ccc(F)cc3)cn2)C(=O)NC(=O)NC1=O. The smallest absolute Gasteiger partial charge is 0.328 e. The van der Waals surface area contributed by atoms with Crippen molar-refractivity contribution < 1.29 is 28.2 Å². The number of rotatable bonds is 4. The van der Waals surface area contributed by atoms with Gasteiger partial charge in [0.1, 0.15) is 17.3 Å². The molecule has 25 heavy (non-hydrogen) atoms. The molecule has 2 aromatic rings. The fourth-order valence-corrected chi connectivity index (χ4v) is 2.01. The molecule has 0 radical (unpaired) electrons. The molecule has 1 fully saturated rings. The van der Waals surface area contributed by atoms with E-state index >= 15 is 0 Å². The average molecular weight is 345 g/mol. The van der Waals surface area contributed by atoms with E-state index in [0.717, 1.165) is 0 Å². The van der Waals surface area contributed by atoms with Crippen molar-refractivity contribution in [3.8, 4) is 17.4 Å². The Balaban J connectivity index is 1.72. The Morgan fingerprint density at radius 1 is 0.960 bits per heavy atom. The number of benzene rings is 1. The molecule has 9 heteroatoms.